The molecule has 0 aliphatic carbocycles. The van der Waals surface area contributed by atoms with Gasteiger partial charge in [0.2, 0.25) is 5.91 Å². The first kappa shape index (κ1) is 21.6. The second-order valence-corrected chi connectivity index (χ2v) is 8.41. The second-order valence-electron chi connectivity index (χ2n) is 7.43. The molecule has 2 heterocycles. The van der Waals surface area contributed by atoms with E-state index in [-0.39, 0.29) is 24.2 Å². The van der Waals surface area contributed by atoms with Crippen molar-refractivity contribution in [3.8, 4) is 0 Å². The number of benzene rings is 1. The summed E-state index contributed by atoms with van der Waals surface area (Å²) in [5.41, 5.74) is 0.123. The average molecular weight is 426 g/mol. The number of likely N-dealkylation sites (N-methyl/N-ethyl adjacent to an activating group) is 1. The van der Waals surface area contributed by atoms with E-state index in [1.54, 1.807) is 11.3 Å². The smallest absolute Gasteiger partial charge is 0.370 e. The Morgan fingerprint density at radius 2 is 1.97 bits per heavy atom. The molecule has 0 radical (unpaired) electrons. The summed E-state index contributed by atoms with van der Waals surface area (Å²) in [4.78, 5) is 17.7. The van der Waals surface area contributed by atoms with Gasteiger partial charge in [-0.25, -0.2) is 0 Å². The van der Waals surface area contributed by atoms with E-state index in [1.165, 1.54) is 6.07 Å². The number of nitrogens with one attached hydrogen (secondary N) is 1. The minimum atomic E-state index is -4.45. The zero-order chi connectivity index (χ0) is 21.0. The molecule has 1 aromatic heterocycles. The van der Waals surface area contributed by atoms with Crippen molar-refractivity contribution in [2.24, 2.45) is 0 Å². The number of halogens is 3. The molecule has 4 nitrogen and oxygen atoms in total. The lowest BCUT2D eigenvalue weighted by Crippen LogP contribution is -2.34. The molecule has 2 aromatic rings. The van der Waals surface area contributed by atoms with Crippen molar-refractivity contribution in [2.45, 2.75) is 38.4 Å². The monoisotopic (exact) mass is 425 g/mol. The standard InChI is InChI=1S/C21H26F3N3OS/c1-15(19-7-6-12-29-19)26(2)14-20(28)25-17-13-16(21(22,23)24)8-9-18(17)27-10-4-3-5-11-27/h6-9,12-13,15H,3-5,10-11,14H2,1-2H3,(H,25,28). The van der Waals surface area contributed by atoms with E-state index in [0.29, 0.717) is 5.69 Å². The average Bonchev–Trinajstić information content (AvgIpc) is 3.22. The molecule has 1 aromatic carbocycles. The number of rotatable bonds is 6. The quantitative estimate of drug-likeness (QED) is 0.674. The number of piperidine rings is 1. The summed E-state index contributed by atoms with van der Waals surface area (Å²) in [6.45, 7) is 3.66. The Labute approximate surface area is 173 Å². The van der Waals surface area contributed by atoms with Crippen LogP contribution in [-0.4, -0.2) is 37.5 Å². The summed E-state index contributed by atoms with van der Waals surface area (Å²) in [7, 11) is 1.83. The summed E-state index contributed by atoms with van der Waals surface area (Å²) in [6, 6.07) is 7.61. The van der Waals surface area contributed by atoms with Gasteiger partial charge in [-0.1, -0.05) is 6.07 Å². The summed E-state index contributed by atoms with van der Waals surface area (Å²) in [6.07, 6.45) is -1.35. The van der Waals surface area contributed by atoms with Gasteiger partial charge < -0.3 is 10.2 Å². The molecule has 1 N–H and O–H groups in total. The first-order valence-electron chi connectivity index (χ1n) is 9.75. The SMILES string of the molecule is CC(c1cccs1)N(C)CC(=O)Nc1cc(C(F)(F)F)ccc1N1CCCCC1. The maximum Gasteiger partial charge on any atom is 0.416 e. The van der Waals surface area contributed by atoms with Crippen molar-refractivity contribution in [2.75, 3.05) is 36.9 Å². The van der Waals surface area contributed by atoms with Gasteiger partial charge in [0.25, 0.3) is 0 Å². The van der Waals surface area contributed by atoms with Crippen LogP contribution in [0.2, 0.25) is 0 Å². The molecule has 1 fully saturated rings. The zero-order valence-electron chi connectivity index (χ0n) is 16.6. The van der Waals surface area contributed by atoms with Gasteiger partial charge in [0.05, 0.1) is 23.5 Å². The number of thiophene rings is 1. The van der Waals surface area contributed by atoms with Crippen molar-refractivity contribution in [1.82, 2.24) is 4.90 Å². The number of hydrogen-bond donors (Lipinski definition) is 1. The van der Waals surface area contributed by atoms with Crippen LogP contribution in [0, 0.1) is 0 Å². The van der Waals surface area contributed by atoms with E-state index in [1.807, 2.05) is 36.4 Å². The van der Waals surface area contributed by atoms with Crippen molar-refractivity contribution in [1.29, 1.82) is 0 Å². The minimum Gasteiger partial charge on any atom is -0.370 e. The molecular weight excluding hydrogens is 399 g/mol. The summed E-state index contributed by atoms with van der Waals surface area (Å²) in [5, 5.41) is 4.71. The number of nitrogens with zero attached hydrogens (tertiary/aromatic N) is 2. The van der Waals surface area contributed by atoms with Crippen molar-refractivity contribution in [3.05, 3.63) is 46.2 Å². The predicted octanol–water partition coefficient (Wildman–Crippen LogP) is 5.39. The lowest BCUT2D eigenvalue weighted by molar-refractivity contribution is -0.137. The Morgan fingerprint density at radius 1 is 1.24 bits per heavy atom. The zero-order valence-corrected chi connectivity index (χ0v) is 17.4. The van der Waals surface area contributed by atoms with Gasteiger partial charge in [0.15, 0.2) is 0 Å². The lowest BCUT2D eigenvalue weighted by atomic mass is 10.1. The van der Waals surface area contributed by atoms with Gasteiger partial charge in [-0.15, -0.1) is 11.3 Å². The van der Waals surface area contributed by atoms with Crippen molar-refractivity contribution in [3.63, 3.8) is 0 Å². The molecule has 8 heteroatoms. The highest BCUT2D eigenvalue weighted by atomic mass is 32.1. The third-order valence-electron chi connectivity index (χ3n) is 5.30. The Morgan fingerprint density at radius 3 is 2.59 bits per heavy atom. The van der Waals surface area contributed by atoms with Gasteiger partial charge in [-0.05, 0) is 62.9 Å². The molecule has 1 atom stereocenters. The van der Waals surface area contributed by atoms with Gasteiger partial charge in [0.1, 0.15) is 0 Å². The molecule has 0 bridgehead atoms. The fourth-order valence-corrected chi connectivity index (χ4v) is 4.37. The van der Waals surface area contributed by atoms with Gasteiger partial charge in [-0.2, -0.15) is 13.2 Å². The third kappa shape index (κ3) is 5.51. The van der Waals surface area contributed by atoms with Crippen LogP contribution in [0.5, 0.6) is 0 Å². The molecule has 1 aliphatic rings. The number of anilines is 2. The number of amides is 1. The highest BCUT2D eigenvalue weighted by Gasteiger charge is 2.32. The normalized spacial score (nSPS) is 16.1. The Hall–Kier alpha value is -2.06. The minimum absolute atomic E-state index is 0.0452. The summed E-state index contributed by atoms with van der Waals surface area (Å²) in [5.74, 6) is -0.325. The number of hydrogen-bond acceptors (Lipinski definition) is 4. The van der Waals surface area contributed by atoms with Crippen LogP contribution in [-0.2, 0) is 11.0 Å². The van der Waals surface area contributed by atoms with Crippen molar-refractivity contribution >= 4 is 28.6 Å². The van der Waals surface area contributed by atoms with Crippen molar-refractivity contribution < 1.29 is 18.0 Å². The maximum absolute atomic E-state index is 13.2. The lowest BCUT2D eigenvalue weighted by Gasteiger charge is -2.31. The molecule has 3 rings (SSSR count). The van der Waals surface area contributed by atoms with Crippen LogP contribution >= 0.6 is 11.3 Å². The second kappa shape index (κ2) is 9.17. The predicted molar refractivity (Wildman–Crippen MR) is 112 cm³/mol. The highest BCUT2D eigenvalue weighted by molar-refractivity contribution is 7.10. The van der Waals surface area contributed by atoms with Gasteiger partial charge in [0, 0.05) is 24.0 Å². The van der Waals surface area contributed by atoms with Gasteiger partial charge >= 0.3 is 6.18 Å². The number of carbonyl (C=O) groups is 1. The molecule has 0 spiro atoms. The first-order valence-corrected chi connectivity index (χ1v) is 10.6. The van der Waals surface area contributed by atoms with E-state index in [2.05, 4.69) is 10.2 Å². The molecular formula is C21H26F3N3OS. The van der Waals surface area contributed by atoms with Crippen LogP contribution in [0.25, 0.3) is 0 Å². The van der Waals surface area contributed by atoms with Crippen LogP contribution < -0.4 is 10.2 Å². The fraction of sp³-hybridized carbons (Fsp3) is 0.476. The van der Waals surface area contributed by atoms with E-state index in [0.717, 1.165) is 49.4 Å². The van der Waals surface area contributed by atoms with E-state index < -0.39 is 11.7 Å². The fourth-order valence-electron chi connectivity index (χ4n) is 3.52. The number of carbonyl (C=O) groups excluding carboxylic acids is 1. The van der Waals surface area contributed by atoms with Gasteiger partial charge in [-0.3, -0.25) is 9.69 Å². The molecule has 1 saturated heterocycles. The van der Waals surface area contributed by atoms with E-state index >= 15 is 0 Å². The third-order valence-corrected chi connectivity index (χ3v) is 6.35. The first-order chi connectivity index (χ1) is 13.8. The van der Waals surface area contributed by atoms with E-state index in [9.17, 15) is 18.0 Å². The Kier molecular flexibility index (Phi) is 6.85. The molecule has 1 unspecified atom stereocenters. The van der Waals surface area contributed by atoms with Crippen LogP contribution in [0.4, 0.5) is 24.5 Å². The summed E-state index contributed by atoms with van der Waals surface area (Å²) >= 11 is 1.61. The summed E-state index contributed by atoms with van der Waals surface area (Å²) < 4.78 is 39.7. The number of alkyl halides is 3. The Balaban J connectivity index is 1.77. The molecule has 0 saturated carbocycles. The molecule has 158 valence electrons. The highest BCUT2D eigenvalue weighted by Crippen LogP contribution is 2.36. The largest absolute Gasteiger partial charge is 0.416 e. The maximum atomic E-state index is 13.2. The topological polar surface area (TPSA) is 35.6 Å². The van der Waals surface area contributed by atoms with Crippen LogP contribution in [0.3, 0.4) is 0 Å². The van der Waals surface area contributed by atoms with E-state index in [4.69, 9.17) is 0 Å². The van der Waals surface area contributed by atoms with Crippen LogP contribution in [0.15, 0.2) is 35.7 Å². The van der Waals surface area contributed by atoms with Crippen LogP contribution in [0.1, 0.15) is 42.7 Å². The molecule has 1 aliphatic heterocycles. The Bertz CT molecular complexity index is 817. The molecule has 29 heavy (non-hydrogen) atoms. The molecule has 1 amide bonds.